The number of nitrogens with one attached hydrogen (secondary N) is 1. The summed E-state index contributed by atoms with van der Waals surface area (Å²) in [5, 5.41) is 11.1. The summed E-state index contributed by atoms with van der Waals surface area (Å²) in [5.74, 6) is 1.23. The van der Waals surface area contributed by atoms with E-state index in [1.165, 1.54) is 13.2 Å². The molecule has 114 valence electrons. The highest BCUT2D eigenvalue weighted by Gasteiger charge is 2.37. The minimum absolute atomic E-state index is 0.0618. The first kappa shape index (κ1) is 14.0. The van der Waals surface area contributed by atoms with Crippen LogP contribution in [0, 0.1) is 0 Å². The normalized spacial score (nSPS) is 15.5. The predicted molar refractivity (Wildman–Crippen MR) is 70.7 cm³/mol. The summed E-state index contributed by atoms with van der Waals surface area (Å²) in [6, 6.07) is 1.90. The summed E-state index contributed by atoms with van der Waals surface area (Å²) in [6.07, 6.45) is -0.892. The molecule has 21 heavy (non-hydrogen) atoms. The molecule has 0 spiro atoms. The molecule has 2 aromatic heterocycles. The Balaban J connectivity index is 1.76. The van der Waals surface area contributed by atoms with Crippen LogP contribution in [0.15, 0.2) is 12.3 Å². The van der Waals surface area contributed by atoms with Gasteiger partial charge in [-0.1, -0.05) is 0 Å². The molecule has 1 N–H and O–H groups in total. The minimum Gasteiger partial charge on any atom is -0.366 e. The fraction of sp³-hybridized carbons (Fsp3) is 0.538. The number of aromatic nitrogens is 4. The number of alkyl halides is 3. The molecule has 0 unspecified atom stereocenters. The van der Waals surface area contributed by atoms with E-state index in [2.05, 4.69) is 15.5 Å². The molecule has 1 fully saturated rings. The van der Waals surface area contributed by atoms with Gasteiger partial charge in [0, 0.05) is 38.2 Å². The lowest BCUT2D eigenvalue weighted by Gasteiger charge is -2.11. The first-order chi connectivity index (χ1) is 9.86. The summed E-state index contributed by atoms with van der Waals surface area (Å²) in [7, 11) is 3.07. The van der Waals surface area contributed by atoms with Crippen LogP contribution in [-0.2, 0) is 26.8 Å². The number of rotatable bonds is 4. The van der Waals surface area contributed by atoms with Crippen molar-refractivity contribution in [2.24, 2.45) is 14.1 Å². The molecular weight excluding hydrogens is 283 g/mol. The number of hydrogen-bond acceptors (Lipinski definition) is 3. The molecule has 5 nitrogen and oxygen atoms in total. The smallest absolute Gasteiger partial charge is 0.366 e. The topological polar surface area (TPSA) is 47.7 Å². The van der Waals surface area contributed by atoms with E-state index in [0.717, 1.165) is 23.2 Å². The molecule has 0 amide bonds. The summed E-state index contributed by atoms with van der Waals surface area (Å²) in [4.78, 5) is 0. The molecule has 1 aliphatic carbocycles. The van der Waals surface area contributed by atoms with Crippen molar-refractivity contribution in [3.05, 3.63) is 29.2 Å². The van der Waals surface area contributed by atoms with E-state index in [-0.39, 0.29) is 12.1 Å². The van der Waals surface area contributed by atoms with E-state index in [9.17, 15) is 13.2 Å². The molecule has 0 radical (unpaired) electrons. The highest BCUT2D eigenvalue weighted by atomic mass is 19.4. The Hall–Kier alpha value is -1.99. The van der Waals surface area contributed by atoms with Crippen molar-refractivity contribution in [1.82, 2.24) is 19.6 Å². The van der Waals surface area contributed by atoms with Crippen molar-refractivity contribution in [3.63, 3.8) is 0 Å². The number of anilines is 1. The van der Waals surface area contributed by atoms with Crippen LogP contribution >= 0.6 is 0 Å². The molecule has 1 aliphatic rings. The molecule has 0 saturated heterocycles. The first-order valence-corrected chi connectivity index (χ1v) is 6.72. The third-order valence-electron chi connectivity index (χ3n) is 3.64. The molecule has 0 bridgehead atoms. The number of hydrogen-bond donors (Lipinski definition) is 1. The second kappa shape index (κ2) is 4.78. The van der Waals surface area contributed by atoms with Gasteiger partial charge in [0.05, 0.1) is 11.9 Å². The van der Waals surface area contributed by atoms with Crippen LogP contribution in [-0.4, -0.2) is 19.6 Å². The third-order valence-corrected chi connectivity index (χ3v) is 3.64. The van der Waals surface area contributed by atoms with Crippen LogP contribution in [0.1, 0.15) is 35.7 Å². The molecule has 8 heteroatoms. The Labute approximate surface area is 119 Å². The maximum absolute atomic E-state index is 13.0. The van der Waals surface area contributed by atoms with Crippen LogP contribution in [0.3, 0.4) is 0 Å². The summed E-state index contributed by atoms with van der Waals surface area (Å²) in [5.41, 5.74) is 0.404. The van der Waals surface area contributed by atoms with Crippen molar-refractivity contribution in [1.29, 1.82) is 0 Å². The summed E-state index contributed by atoms with van der Waals surface area (Å²) in [6.45, 7) is 0.0618. The van der Waals surface area contributed by atoms with Crippen molar-refractivity contribution in [2.45, 2.75) is 31.5 Å². The highest BCUT2D eigenvalue weighted by molar-refractivity contribution is 5.40. The molecule has 1 saturated carbocycles. The van der Waals surface area contributed by atoms with E-state index in [1.54, 1.807) is 11.7 Å². The summed E-state index contributed by atoms with van der Waals surface area (Å²) >= 11 is 0. The molecular formula is C13H16F3N5. The largest absolute Gasteiger partial charge is 0.433 e. The fourth-order valence-electron chi connectivity index (χ4n) is 2.40. The number of aryl methyl sites for hydroxylation is 2. The minimum atomic E-state index is -4.41. The number of halogens is 3. The lowest BCUT2D eigenvalue weighted by Crippen LogP contribution is -2.16. The van der Waals surface area contributed by atoms with Crippen LogP contribution < -0.4 is 5.32 Å². The van der Waals surface area contributed by atoms with E-state index in [1.807, 2.05) is 6.07 Å². The Morgan fingerprint density at radius 2 is 2.00 bits per heavy atom. The van der Waals surface area contributed by atoms with Gasteiger partial charge in [0.1, 0.15) is 11.5 Å². The number of nitrogens with zero attached hydrogens (tertiary/aromatic N) is 4. The standard InChI is InChI=1S/C13H16F3N5/c1-20-11(5-10(19-20)8-3-4-8)17-6-9-7-18-21(2)12(9)13(14,15)16/h5,7-8,17H,3-4,6H2,1-2H3. The Morgan fingerprint density at radius 1 is 1.29 bits per heavy atom. The van der Waals surface area contributed by atoms with Gasteiger partial charge < -0.3 is 5.32 Å². The molecule has 2 aromatic rings. The molecule has 2 heterocycles. The van der Waals surface area contributed by atoms with Gasteiger partial charge in [-0.25, -0.2) is 0 Å². The zero-order chi connectivity index (χ0) is 15.2. The Bertz CT molecular complexity index is 651. The Morgan fingerprint density at radius 3 is 2.62 bits per heavy atom. The quantitative estimate of drug-likeness (QED) is 0.944. The highest BCUT2D eigenvalue weighted by Crippen LogP contribution is 2.40. The first-order valence-electron chi connectivity index (χ1n) is 6.72. The van der Waals surface area contributed by atoms with Gasteiger partial charge in [-0.05, 0) is 12.8 Å². The lowest BCUT2D eigenvalue weighted by molar-refractivity contribution is -0.144. The van der Waals surface area contributed by atoms with Crippen LogP contribution in [0.5, 0.6) is 0 Å². The monoisotopic (exact) mass is 299 g/mol. The van der Waals surface area contributed by atoms with Crippen LogP contribution in [0.25, 0.3) is 0 Å². The van der Waals surface area contributed by atoms with Gasteiger partial charge in [-0.2, -0.15) is 23.4 Å². The zero-order valence-electron chi connectivity index (χ0n) is 11.8. The SMILES string of the molecule is Cn1nc(C2CC2)cc1NCc1cnn(C)c1C(F)(F)F. The van der Waals surface area contributed by atoms with Gasteiger partial charge in [0.2, 0.25) is 0 Å². The van der Waals surface area contributed by atoms with Crippen molar-refractivity contribution >= 4 is 5.82 Å². The van der Waals surface area contributed by atoms with E-state index in [0.29, 0.717) is 11.7 Å². The van der Waals surface area contributed by atoms with Crippen LogP contribution in [0.4, 0.5) is 19.0 Å². The van der Waals surface area contributed by atoms with Gasteiger partial charge >= 0.3 is 6.18 Å². The molecule has 0 atom stereocenters. The lowest BCUT2D eigenvalue weighted by atomic mass is 10.2. The van der Waals surface area contributed by atoms with E-state index in [4.69, 9.17) is 0 Å². The zero-order valence-corrected chi connectivity index (χ0v) is 11.8. The van der Waals surface area contributed by atoms with Gasteiger partial charge in [0.25, 0.3) is 0 Å². The van der Waals surface area contributed by atoms with Crippen LogP contribution in [0.2, 0.25) is 0 Å². The van der Waals surface area contributed by atoms with Crippen molar-refractivity contribution in [2.75, 3.05) is 5.32 Å². The Kier molecular flexibility index (Phi) is 3.18. The summed E-state index contributed by atoms with van der Waals surface area (Å²) < 4.78 is 41.4. The van der Waals surface area contributed by atoms with Gasteiger partial charge in [-0.15, -0.1) is 0 Å². The predicted octanol–water partition coefficient (Wildman–Crippen LogP) is 2.66. The van der Waals surface area contributed by atoms with E-state index < -0.39 is 11.9 Å². The van der Waals surface area contributed by atoms with Crippen molar-refractivity contribution < 1.29 is 13.2 Å². The molecule has 0 aliphatic heterocycles. The van der Waals surface area contributed by atoms with Crippen molar-refractivity contribution in [3.8, 4) is 0 Å². The average Bonchev–Trinajstić information content (AvgIpc) is 3.06. The van der Waals surface area contributed by atoms with E-state index >= 15 is 0 Å². The maximum Gasteiger partial charge on any atom is 0.433 e. The average molecular weight is 299 g/mol. The second-order valence-corrected chi connectivity index (χ2v) is 5.35. The van der Waals surface area contributed by atoms with Gasteiger partial charge in [-0.3, -0.25) is 9.36 Å². The fourth-order valence-corrected chi connectivity index (χ4v) is 2.40. The maximum atomic E-state index is 13.0. The second-order valence-electron chi connectivity index (χ2n) is 5.35. The van der Waals surface area contributed by atoms with Gasteiger partial charge in [0.15, 0.2) is 0 Å². The third kappa shape index (κ3) is 2.74. The molecule has 3 rings (SSSR count). The molecule has 0 aromatic carbocycles.